The molecule has 2 aromatic rings. The molecule has 0 unspecified atom stereocenters. The van der Waals surface area contributed by atoms with Crippen LogP contribution in [0.3, 0.4) is 0 Å². The monoisotopic (exact) mass is 411 g/mol. The van der Waals surface area contributed by atoms with Crippen LogP contribution in [0.1, 0.15) is 41.6 Å². The molecule has 7 nitrogen and oxygen atoms in total. The van der Waals surface area contributed by atoms with E-state index in [1.165, 1.54) is 6.42 Å². The van der Waals surface area contributed by atoms with Gasteiger partial charge in [0.25, 0.3) is 0 Å². The van der Waals surface area contributed by atoms with Gasteiger partial charge in [-0.3, -0.25) is 9.59 Å². The predicted octanol–water partition coefficient (Wildman–Crippen LogP) is 3.36. The maximum Gasteiger partial charge on any atom is 0.248 e. The van der Waals surface area contributed by atoms with E-state index in [-0.39, 0.29) is 12.3 Å². The van der Waals surface area contributed by atoms with E-state index >= 15 is 0 Å². The lowest BCUT2D eigenvalue weighted by molar-refractivity contribution is -0.116. The van der Waals surface area contributed by atoms with Gasteiger partial charge in [-0.2, -0.15) is 0 Å². The normalized spacial score (nSPS) is 13.6. The van der Waals surface area contributed by atoms with Gasteiger partial charge < -0.3 is 25.4 Å². The van der Waals surface area contributed by atoms with Gasteiger partial charge in [0.2, 0.25) is 11.8 Å². The topological polar surface area (TPSA) is 93.9 Å². The summed E-state index contributed by atoms with van der Waals surface area (Å²) in [7, 11) is 3.21. The largest absolute Gasteiger partial charge is 0.497 e. The van der Waals surface area contributed by atoms with Crippen LogP contribution in [-0.2, 0) is 11.2 Å². The molecular formula is C23H29N3O4. The fourth-order valence-electron chi connectivity index (χ4n) is 3.74. The fraction of sp³-hybridized carbons (Fsp3) is 0.391. The summed E-state index contributed by atoms with van der Waals surface area (Å²) in [4.78, 5) is 26.6. The lowest BCUT2D eigenvalue weighted by atomic mass is 10.1. The standard InChI is InChI=1S/C23H29N3O4/c1-29-18-8-10-21(30-2)16(14-18)7-11-22(27)25-19-15-17(23(24)28)6-9-20(19)26-12-4-3-5-13-26/h6,8-10,14-15H,3-5,7,11-13H2,1-2H3,(H2,24,28)(H,25,27). The summed E-state index contributed by atoms with van der Waals surface area (Å²) >= 11 is 0. The summed E-state index contributed by atoms with van der Waals surface area (Å²) in [5, 5.41) is 2.98. The van der Waals surface area contributed by atoms with Gasteiger partial charge in [0.1, 0.15) is 11.5 Å². The molecule has 7 heteroatoms. The Morgan fingerprint density at radius 2 is 1.80 bits per heavy atom. The van der Waals surface area contributed by atoms with Crippen molar-refractivity contribution < 1.29 is 19.1 Å². The van der Waals surface area contributed by atoms with E-state index in [2.05, 4.69) is 10.2 Å². The summed E-state index contributed by atoms with van der Waals surface area (Å²) in [5.41, 5.74) is 8.26. The molecule has 160 valence electrons. The minimum absolute atomic E-state index is 0.139. The Balaban J connectivity index is 1.75. The molecule has 0 aromatic heterocycles. The van der Waals surface area contributed by atoms with E-state index in [4.69, 9.17) is 15.2 Å². The molecule has 0 aliphatic carbocycles. The third-order valence-corrected chi connectivity index (χ3v) is 5.36. The van der Waals surface area contributed by atoms with Gasteiger partial charge in [0.05, 0.1) is 25.6 Å². The highest BCUT2D eigenvalue weighted by atomic mass is 16.5. The van der Waals surface area contributed by atoms with E-state index in [0.717, 1.165) is 37.2 Å². The first kappa shape index (κ1) is 21.5. The zero-order chi connectivity index (χ0) is 21.5. The summed E-state index contributed by atoms with van der Waals surface area (Å²) in [6, 6.07) is 10.8. The third-order valence-electron chi connectivity index (χ3n) is 5.36. The molecule has 0 atom stereocenters. The number of nitrogens with one attached hydrogen (secondary N) is 1. The van der Waals surface area contributed by atoms with Gasteiger partial charge in [0.15, 0.2) is 0 Å². The van der Waals surface area contributed by atoms with Crippen molar-refractivity contribution in [3.05, 3.63) is 47.5 Å². The fourth-order valence-corrected chi connectivity index (χ4v) is 3.74. The molecule has 0 saturated carbocycles. The van der Waals surface area contributed by atoms with Gasteiger partial charge in [-0.05, 0) is 67.6 Å². The van der Waals surface area contributed by atoms with Gasteiger partial charge in [-0.1, -0.05) is 0 Å². The van der Waals surface area contributed by atoms with Gasteiger partial charge >= 0.3 is 0 Å². The molecule has 1 aliphatic heterocycles. The number of primary amides is 1. The SMILES string of the molecule is COc1ccc(OC)c(CCC(=O)Nc2cc(C(N)=O)ccc2N2CCCCC2)c1. The molecule has 0 radical (unpaired) electrons. The zero-order valence-electron chi connectivity index (χ0n) is 17.6. The van der Waals surface area contributed by atoms with E-state index < -0.39 is 5.91 Å². The summed E-state index contributed by atoms with van der Waals surface area (Å²) in [5.74, 6) is 0.776. The van der Waals surface area contributed by atoms with E-state index in [0.29, 0.717) is 29.2 Å². The number of carbonyl (C=O) groups is 2. The molecule has 1 aliphatic rings. The lowest BCUT2D eigenvalue weighted by Gasteiger charge is -2.30. The Hall–Kier alpha value is -3.22. The molecule has 0 spiro atoms. The molecule has 1 fully saturated rings. The van der Waals surface area contributed by atoms with Crippen LogP contribution in [0.2, 0.25) is 0 Å². The molecule has 30 heavy (non-hydrogen) atoms. The number of anilines is 2. The first-order valence-electron chi connectivity index (χ1n) is 10.2. The summed E-state index contributed by atoms with van der Waals surface area (Å²) in [6.07, 6.45) is 4.20. The van der Waals surface area contributed by atoms with Crippen LogP contribution in [0.4, 0.5) is 11.4 Å². The average Bonchev–Trinajstić information content (AvgIpc) is 2.78. The van der Waals surface area contributed by atoms with Gasteiger partial charge in [0, 0.05) is 25.1 Å². The summed E-state index contributed by atoms with van der Waals surface area (Å²) < 4.78 is 10.7. The Kier molecular flexibility index (Phi) is 7.17. The first-order chi connectivity index (χ1) is 14.5. The van der Waals surface area contributed by atoms with Crippen LogP contribution in [-0.4, -0.2) is 39.1 Å². The van der Waals surface area contributed by atoms with E-state index in [1.807, 2.05) is 24.3 Å². The van der Waals surface area contributed by atoms with Crippen molar-refractivity contribution in [3.63, 3.8) is 0 Å². The Morgan fingerprint density at radius 1 is 1.03 bits per heavy atom. The van der Waals surface area contributed by atoms with Crippen molar-refractivity contribution in [2.45, 2.75) is 32.1 Å². The minimum atomic E-state index is -0.517. The van der Waals surface area contributed by atoms with Crippen LogP contribution in [0.25, 0.3) is 0 Å². The number of aryl methyl sites for hydroxylation is 1. The molecular weight excluding hydrogens is 382 g/mol. The van der Waals surface area contributed by atoms with Crippen LogP contribution in [0, 0.1) is 0 Å². The van der Waals surface area contributed by atoms with Crippen molar-refractivity contribution in [3.8, 4) is 11.5 Å². The lowest BCUT2D eigenvalue weighted by Crippen LogP contribution is -2.30. The zero-order valence-corrected chi connectivity index (χ0v) is 17.6. The minimum Gasteiger partial charge on any atom is -0.497 e. The Labute approximate surface area is 177 Å². The highest BCUT2D eigenvalue weighted by Gasteiger charge is 2.18. The molecule has 3 N–H and O–H groups in total. The number of rotatable bonds is 8. The number of hydrogen-bond acceptors (Lipinski definition) is 5. The smallest absolute Gasteiger partial charge is 0.248 e. The van der Waals surface area contributed by atoms with Crippen LogP contribution in [0.5, 0.6) is 11.5 Å². The molecule has 1 heterocycles. The number of hydrogen-bond donors (Lipinski definition) is 2. The third kappa shape index (κ3) is 5.23. The second-order valence-corrected chi connectivity index (χ2v) is 7.37. The number of benzene rings is 2. The molecule has 2 aromatic carbocycles. The van der Waals surface area contributed by atoms with E-state index in [1.54, 1.807) is 26.4 Å². The van der Waals surface area contributed by atoms with Gasteiger partial charge in [-0.15, -0.1) is 0 Å². The van der Waals surface area contributed by atoms with Crippen molar-refractivity contribution in [2.24, 2.45) is 5.73 Å². The molecule has 0 bridgehead atoms. The molecule has 2 amide bonds. The number of piperidine rings is 1. The second-order valence-electron chi connectivity index (χ2n) is 7.37. The van der Waals surface area contributed by atoms with Crippen LogP contribution < -0.4 is 25.4 Å². The van der Waals surface area contributed by atoms with E-state index in [9.17, 15) is 9.59 Å². The van der Waals surface area contributed by atoms with Crippen molar-refractivity contribution in [1.82, 2.24) is 0 Å². The van der Waals surface area contributed by atoms with Gasteiger partial charge in [-0.25, -0.2) is 0 Å². The number of ether oxygens (including phenoxy) is 2. The Bertz CT molecular complexity index is 907. The Morgan fingerprint density at radius 3 is 2.47 bits per heavy atom. The first-order valence-corrected chi connectivity index (χ1v) is 10.2. The number of amides is 2. The van der Waals surface area contributed by atoms with Crippen molar-refractivity contribution >= 4 is 23.2 Å². The average molecular weight is 412 g/mol. The van der Waals surface area contributed by atoms with Crippen molar-refractivity contribution in [2.75, 3.05) is 37.5 Å². The van der Waals surface area contributed by atoms with Crippen LogP contribution in [0.15, 0.2) is 36.4 Å². The molecule has 3 rings (SSSR count). The number of nitrogens with two attached hydrogens (primary N) is 1. The maximum absolute atomic E-state index is 12.7. The summed E-state index contributed by atoms with van der Waals surface area (Å²) in [6.45, 7) is 1.86. The van der Waals surface area contributed by atoms with Crippen molar-refractivity contribution in [1.29, 1.82) is 0 Å². The number of carbonyl (C=O) groups excluding carboxylic acids is 2. The second kappa shape index (κ2) is 10.0. The number of methoxy groups -OCH3 is 2. The van der Waals surface area contributed by atoms with Crippen LogP contribution >= 0.6 is 0 Å². The highest BCUT2D eigenvalue weighted by Crippen LogP contribution is 2.30. The highest BCUT2D eigenvalue weighted by molar-refractivity contribution is 5.99. The predicted molar refractivity (Wildman–Crippen MR) is 118 cm³/mol. The maximum atomic E-state index is 12.7. The quantitative estimate of drug-likeness (QED) is 0.695. The number of nitrogens with zero attached hydrogens (tertiary/aromatic N) is 1. The molecule has 1 saturated heterocycles.